The van der Waals surface area contributed by atoms with E-state index in [0.717, 1.165) is 35.2 Å². The molecule has 2 aromatic carbocycles. The summed E-state index contributed by atoms with van der Waals surface area (Å²) in [4.78, 5) is 26.7. The van der Waals surface area contributed by atoms with Crippen LogP contribution in [0.4, 0.5) is 5.69 Å². The Morgan fingerprint density at radius 3 is 2.52 bits per heavy atom. The van der Waals surface area contributed by atoms with Crippen molar-refractivity contribution in [3.05, 3.63) is 59.2 Å². The van der Waals surface area contributed by atoms with E-state index in [2.05, 4.69) is 5.32 Å². The number of sulfone groups is 1. The Hall–Kier alpha value is -2.67. The van der Waals surface area contributed by atoms with Crippen molar-refractivity contribution in [3.8, 4) is 0 Å². The minimum Gasteiger partial charge on any atom is -0.352 e. The van der Waals surface area contributed by atoms with E-state index in [9.17, 15) is 18.0 Å². The molecule has 0 aromatic heterocycles. The van der Waals surface area contributed by atoms with Gasteiger partial charge in [-0.25, -0.2) is 8.42 Å². The average Bonchev–Trinajstić information content (AvgIpc) is 3.51. The predicted octanol–water partition coefficient (Wildman–Crippen LogP) is 3.16. The van der Waals surface area contributed by atoms with Crippen LogP contribution in [0, 0.1) is 12.8 Å². The Morgan fingerprint density at radius 1 is 1.13 bits per heavy atom. The van der Waals surface area contributed by atoms with Crippen LogP contribution >= 0.6 is 0 Å². The van der Waals surface area contributed by atoms with Crippen LogP contribution in [-0.2, 0) is 32.4 Å². The molecular formula is C24H28N2O4S. The van der Waals surface area contributed by atoms with Gasteiger partial charge in [-0.1, -0.05) is 29.8 Å². The smallest absolute Gasteiger partial charge is 0.230 e. The third-order valence-electron chi connectivity index (χ3n) is 6.08. The van der Waals surface area contributed by atoms with Gasteiger partial charge in [-0.15, -0.1) is 0 Å². The number of aryl methyl sites for hydroxylation is 1. The third kappa shape index (κ3) is 4.66. The average molecular weight is 441 g/mol. The molecule has 1 heterocycles. The van der Waals surface area contributed by atoms with Crippen LogP contribution in [0.15, 0.2) is 47.4 Å². The monoisotopic (exact) mass is 440 g/mol. The standard InChI is InChI=1S/C24H28N2O4S/c1-16-3-5-18(6-4-16)15-25-23(27)13-17(2)31(29,30)21-9-10-22-20(14-21)11-12-26(22)24(28)19-7-8-19/h3-6,9-10,14,17,19H,7-8,11-13,15H2,1-2H3,(H,25,27). The third-order valence-corrected chi connectivity index (χ3v) is 8.22. The number of amides is 2. The SMILES string of the molecule is Cc1ccc(CNC(=O)CC(C)S(=O)(=O)c2ccc3c(c2)CCN3C(=O)C2CC2)cc1. The van der Waals surface area contributed by atoms with E-state index in [0.29, 0.717) is 19.5 Å². The number of hydrogen-bond donors (Lipinski definition) is 1. The van der Waals surface area contributed by atoms with E-state index in [-0.39, 0.29) is 29.0 Å². The highest BCUT2D eigenvalue weighted by atomic mass is 32.2. The molecule has 31 heavy (non-hydrogen) atoms. The highest BCUT2D eigenvalue weighted by Crippen LogP contribution is 2.37. The van der Waals surface area contributed by atoms with Gasteiger partial charge in [-0.05, 0) is 62.4 Å². The van der Waals surface area contributed by atoms with E-state index in [4.69, 9.17) is 0 Å². The van der Waals surface area contributed by atoms with Crippen molar-refractivity contribution >= 4 is 27.3 Å². The minimum absolute atomic E-state index is 0.0996. The maximum atomic E-state index is 13.1. The second-order valence-electron chi connectivity index (χ2n) is 8.63. The summed E-state index contributed by atoms with van der Waals surface area (Å²) < 4.78 is 26.1. The molecule has 1 aliphatic carbocycles. The van der Waals surface area contributed by atoms with Crippen molar-refractivity contribution in [2.24, 2.45) is 5.92 Å². The van der Waals surface area contributed by atoms with Crippen LogP contribution in [0.1, 0.15) is 42.9 Å². The first-order valence-electron chi connectivity index (χ1n) is 10.8. The number of fused-ring (bicyclic) bond motifs is 1. The molecule has 0 saturated heterocycles. The van der Waals surface area contributed by atoms with Crippen LogP contribution < -0.4 is 10.2 Å². The van der Waals surface area contributed by atoms with Gasteiger partial charge in [-0.3, -0.25) is 9.59 Å². The minimum atomic E-state index is -3.65. The summed E-state index contributed by atoms with van der Waals surface area (Å²) in [6, 6.07) is 12.8. The normalized spacial score (nSPS) is 16.6. The van der Waals surface area contributed by atoms with E-state index < -0.39 is 15.1 Å². The lowest BCUT2D eigenvalue weighted by Gasteiger charge is -2.18. The maximum absolute atomic E-state index is 13.1. The van der Waals surface area contributed by atoms with Crippen molar-refractivity contribution in [2.75, 3.05) is 11.4 Å². The molecular weight excluding hydrogens is 412 g/mol. The molecule has 1 N–H and O–H groups in total. The zero-order chi connectivity index (χ0) is 22.2. The van der Waals surface area contributed by atoms with Crippen molar-refractivity contribution < 1.29 is 18.0 Å². The maximum Gasteiger partial charge on any atom is 0.230 e. The number of carbonyl (C=O) groups is 2. The van der Waals surface area contributed by atoms with E-state index in [1.807, 2.05) is 31.2 Å². The fraction of sp³-hybridized carbons (Fsp3) is 0.417. The van der Waals surface area contributed by atoms with Gasteiger partial charge in [0.05, 0.1) is 10.1 Å². The van der Waals surface area contributed by atoms with Crippen molar-refractivity contribution in [3.63, 3.8) is 0 Å². The van der Waals surface area contributed by atoms with Gasteiger partial charge in [0.2, 0.25) is 11.8 Å². The number of benzene rings is 2. The van der Waals surface area contributed by atoms with Gasteiger partial charge in [0.1, 0.15) is 0 Å². The number of rotatable bonds is 7. The summed E-state index contributed by atoms with van der Waals surface area (Å²) >= 11 is 0. The Balaban J connectivity index is 1.40. The molecule has 6 nitrogen and oxygen atoms in total. The molecule has 0 spiro atoms. The fourth-order valence-electron chi connectivity index (χ4n) is 3.92. The van der Waals surface area contributed by atoms with Gasteiger partial charge >= 0.3 is 0 Å². The van der Waals surface area contributed by atoms with Gasteiger partial charge in [0, 0.05) is 31.1 Å². The molecule has 2 amide bonds. The molecule has 1 atom stereocenters. The van der Waals surface area contributed by atoms with Gasteiger partial charge in [0.15, 0.2) is 9.84 Å². The van der Waals surface area contributed by atoms with Gasteiger partial charge in [-0.2, -0.15) is 0 Å². The molecule has 164 valence electrons. The topological polar surface area (TPSA) is 83.6 Å². The molecule has 2 aliphatic rings. The van der Waals surface area contributed by atoms with Crippen LogP contribution in [0.2, 0.25) is 0 Å². The summed E-state index contributed by atoms with van der Waals surface area (Å²) in [5, 5.41) is 1.96. The first-order chi connectivity index (χ1) is 14.8. The van der Waals surface area contributed by atoms with Crippen LogP contribution in [-0.4, -0.2) is 32.0 Å². The lowest BCUT2D eigenvalue weighted by atomic mass is 10.1. The molecule has 4 rings (SSSR count). The molecule has 1 aliphatic heterocycles. The highest BCUT2D eigenvalue weighted by molar-refractivity contribution is 7.92. The van der Waals surface area contributed by atoms with Gasteiger partial charge < -0.3 is 10.2 Å². The molecule has 1 saturated carbocycles. The summed E-state index contributed by atoms with van der Waals surface area (Å²) in [7, 11) is -3.65. The molecule has 2 aromatic rings. The number of hydrogen-bond acceptors (Lipinski definition) is 4. The Labute approximate surface area is 183 Å². The second kappa shape index (κ2) is 8.46. The highest BCUT2D eigenvalue weighted by Gasteiger charge is 2.37. The summed E-state index contributed by atoms with van der Waals surface area (Å²) in [6.45, 7) is 4.54. The zero-order valence-corrected chi connectivity index (χ0v) is 18.7. The van der Waals surface area contributed by atoms with Crippen LogP contribution in [0.3, 0.4) is 0 Å². The number of nitrogens with zero attached hydrogens (tertiary/aromatic N) is 1. The number of carbonyl (C=O) groups excluding carboxylic acids is 2. The van der Waals surface area contributed by atoms with Crippen molar-refractivity contribution in [1.82, 2.24) is 5.32 Å². The summed E-state index contributed by atoms with van der Waals surface area (Å²) in [5.74, 6) is -0.0141. The van der Waals surface area contributed by atoms with E-state index in [1.54, 1.807) is 30.0 Å². The number of nitrogens with one attached hydrogen (secondary N) is 1. The zero-order valence-electron chi connectivity index (χ0n) is 17.9. The van der Waals surface area contributed by atoms with E-state index in [1.165, 1.54) is 0 Å². The van der Waals surface area contributed by atoms with Crippen LogP contribution in [0.25, 0.3) is 0 Å². The molecule has 0 radical (unpaired) electrons. The second-order valence-corrected chi connectivity index (χ2v) is 11.0. The Kier molecular flexibility index (Phi) is 5.88. The quantitative estimate of drug-likeness (QED) is 0.717. The largest absolute Gasteiger partial charge is 0.352 e. The molecule has 0 bridgehead atoms. The van der Waals surface area contributed by atoms with Crippen molar-refractivity contribution in [1.29, 1.82) is 0 Å². The molecule has 7 heteroatoms. The lowest BCUT2D eigenvalue weighted by Crippen LogP contribution is -2.30. The molecule has 1 unspecified atom stereocenters. The van der Waals surface area contributed by atoms with Gasteiger partial charge in [0.25, 0.3) is 0 Å². The van der Waals surface area contributed by atoms with E-state index >= 15 is 0 Å². The summed E-state index contributed by atoms with van der Waals surface area (Å²) in [6.07, 6.45) is 2.45. The number of anilines is 1. The molecule has 1 fully saturated rings. The first kappa shape index (κ1) is 21.6. The first-order valence-corrected chi connectivity index (χ1v) is 12.3. The summed E-state index contributed by atoms with van der Waals surface area (Å²) in [5.41, 5.74) is 3.81. The fourth-order valence-corrected chi connectivity index (χ4v) is 5.32. The predicted molar refractivity (Wildman–Crippen MR) is 120 cm³/mol. The van der Waals surface area contributed by atoms with Crippen molar-refractivity contribution in [2.45, 2.75) is 56.2 Å². The Morgan fingerprint density at radius 2 is 1.84 bits per heavy atom. The Bertz CT molecular complexity index is 1100. The van der Waals surface area contributed by atoms with Crippen LogP contribution in [0.5, 0.6) is 0 Å². The lowest BCUT2D eigenvalue weighted by molar-refractivity contribution is -0.121.